The summed E-state index contributed by atoms with van der Waals surface area (Å²) in [6.07, 6.45) is 2.95. The van der Waals surface area contributed by atoms with Crippen molar-refractivity contribution >= 4 is 11.8 Å². The Labute approximate surface area is 249 Å². The van der Waals surface area contributed by atoms with Crippen LogP contribution >= 0.6 is 0 Å². The first kappa shape index (κ1) is 35.0. The number of aliphatic hydroxyl groups is 2. The van der Waals surface area contributed by atoms with Crippen LogP contribution in [0, 0.1) is 0 Å². The van der Waals surface area contributed by atoms with Gasteiger partial charge in [-0.3, -0.25) is 9.59 Å². The SMILES string of the molecule is CCCCc1ccc(OCCOCCNC(=O)C(O)C(O)C(=O)NCCOCCOc2ccc(CCCC)cc2)cc1. The minimum absolute atomic E-state index is 0.106. The Morgan fingerprint density at radius 2 is 1.00 bits per heavy atom. The van der Waals surface area contributed by atoms with Crippen molar-refractivity contribution in [2.24, 2.45) is 0 Å². The fourth-order valence-corrected chi connectivity index (χ4v) is 3.90. The van der Waals surface area contributed by atoms with Crippen LogP contribution in [0.2, 0.25) is 0 Å². The number of nitrogens with one attached hydrogen (secondary N) is 2. The summed E-state index contributed by atoms with van der Waals surface area (Å²) >= 11 is 0. The largest absolute Gasteiger partial charge is 0.491 e. The van der Waals surface area contributed by atoms with Crippen molar-refractivity contribution in [3.8, 4) is 11.5 Å². The summed E-state index contributed by atoms with van der Waals surface area (Å²) in [5.41, 5.74) is 2.57. The number of carbonyl (C=O) groups is 2. The fourth-order valence-electron chi connectivity index (χ4n) is 3.90. The molecular formula is C32H48N2O8. The Kier molecular flexibility index (Phi) is 17.9. The van der Waals surface area contributed by atoms with Gasteiger partial charge in [0.2, 0.25) is 0 Å². The molecule has 0 bridgehead atoms. The van der Waals surface area contributed by atoms with Gasteiger partial charge in [-0.2, -0.15) is 0 Å². The fraction of sp³-hybridized carbons (Fsp3) is 0.562. The highest BCUT2D eigenvalue weighted by Crippen LogP contribution is 2.15. The molecule has 10 heteroatoms. The number of unbranched alkanes of at least 4 members (excludes halogenated alkanes) is 2. The maximum Gasteiger partial charge on any atom is 0.252 e. The van der Waals surface area contributed by atoms with Crippen molar-refractivity contribution in [2.45, 2.75) is 64.6 Å². The third kappa shape index (κ3) is 14.6. The van der Waals surface area contributed by atoms with E-state index in [0.29, 0.717) is 26.4 Å². The Morgan fingerprint density at radius 3 is 1.36 bits per heavy atom. The van der Waals surface area contributed by atoms with E-state index in [0.717, 1.165) is 50.0 Å². The third-order valence-corrected chi connectivity index (χ3v) is 6.41. The molecule has 42 heavy (non-hydrogen) atoms. The molecule has 0 aliphatic carbocycles. The summed E-state index contributed by atoms with van der Waals surface area (Å²) in [7, 11) is 0. The smallest absolute Gasteiger partial charge is 0.252 e. The molecule has 2 rings (SSSR count). The molecule has 0 saturated heterocycles. The lowest BCUT2D eigenvalue weighted by molar-refractivity contribution is -0.146. The highest BCUT2D eigenvalue weighted by molar-refractivity contribution is 5.90. The number of hydrogen-bond acceptors (Lipinski definition) is 8. The van der Waals surface area contributed by atoms with Gasteiger partial charge in [-0.25, -0.2) is 0 Å². The van der Waals surface area contributed by atoms with Gasteiger partial charge >= 0.3 is 0 Å². The number of rotatable bonds is 23. The lowest BCUT2D eigenvalue weighted by Crippen LogP contribution is -2.50. The molecule has 0 aliphatic heterocycles. The zero-order valence-corrected chi connectivity index (χ0v) is 25.0. The number of amides is 2. The second-order valence-electron chi connectivity index (χ2n) is 9.89. The summed E-state index contributed by atoms with van der Waals surface area (Å²) < 4.78 is 22.1. The van der Waals surface area contributed by atoms with E-state index in [9.17, 15) is 19.8 Å². The van der Waals surface area contributed by atoms with Gasteiger partial charge in [-0.05, 0) is 61.1 Å². The Hall–Kier alpha value is -3.18. The summed E-state index contributed by atoms with van der Waals surface area (Å²) in [4.78, 5) is 24.1. The van der Waals surface area contributed by atoms with Crippen LogP contribution < -0.4 is 20.1 Å². The van der Waals surface area contributed by atoms with Gasteiger partial charge in [0.15, 0.2) is 12.2 Å². The minimum atomic E-state index is -1.91. The Morgan fingerprint density at radius 1 is 0.619 bits per heavy atom. The molecule has 0 saturated carbocycles. The molecular weight excluding hydrogens is 540 g/mol. The van der Waals surface area contributed by atoms with Gasteiger partial charge in [-0.1, -0.05) is 51.0 Å². The van der Waals surface area contributed by atoms with E-state index in [1.165, 1.54) is 11.1 Å². The van der Waals surface area contributed by atoms with E-state index in [1.54, 1.807) is 0 Å². The minimum Gasteiger partial charge on any atom is -0.491 e. The average molecular weight is 589 g/mol. The number of carbonyl (C=O) groups excluding carboxylic acids is 2. The molecule has 2 aromatic carbocycles. The molecule has 0 aromatic heterocycles. The topological polar surface area (TPSA) is 136 Å². The molecule has 2 aromatic rings. The molecule has 2 amide bonds. The molecule has 10 nitrogen and oxygen atoms in total. The molecule has 0 spiro atoms. The van der Waals surface area contributed by atoms with Gasteiger partial charge in [0.1, 0.15) is 24.7 Å². The molecule has 4 N–H and O–H groups in total. The van der Waals surface area contributed by atoms with E-state index < -0.39 is 24.0 Å². The average Bonchev–Trinajstić information content (AvgIpc) is 3.02. The summed E-state index contributed by atoms with van der Waals surface area (Å²) in [6, 6.07) is 16.0. The van der Waals surface area contributed by atoms with Gasteiger partial charge < -0.3 is 39.8 Å². The van der Waals surface area contributed by atoms with Crippen molar-refractivity contribution in [1.29, 1.82) is 0 Å². The maximum atomic E-state index is 12.1. The third-order valence-electron chi connectivity index (χ3n) is 6.41. The zero-order valence-electron chi connectivity index (χ0n) is 25.0. The molecule has 234 valence electrons. The van der Waals surface area contributed by atoms with E-state index in [1.807, 2.05) is 24.3 Å². The molecule has 0 fully saturated rings. The van der Waals surface area contributed by atoms with Crippen molar-refractivity contribution in [3.63, 3.8) is 0 Å². The summed E-state index contributed by atoms with van der Waals surface area (Å²) in [5.74, 6) is -0.204. The van der Waals surface area contributed by atoms with Crippen LogP contribution in [0.4, 0.5) is 0 Å². The van der Waals surface area contributed by atoms with Crippen molar-refractivity contribution in [1.82, 2.24) is 10.6 Å². The molecule has 2 unspecified atom stereocenters. The van der Waals surface area contributed by atoms with Crippen molar-refractivity contribution in [3.05, 3.63) is 59.7 Å². The van der Waals surface area contributed by atoms with Crippen molar-refractivity contribution in [2.75, 3.05) is 52.7 Å². The van der Waals surface area contributed by atoms with Crippen LogP contribution in [0.5, 0.6) is 11.5 Å². The normalized spacial score (nSPS) is 12.4. The number of hydrogen-bond donors (Lipinski definition) is 4. The molecule has 2 atom stereocenters. The number of aliphatic hydroxyl groups excluding tert-OH is 2. The number of benzene rings is 2. The summed E-state index contributed by atoms with van der Waals surface area (Å²) in [6.45, 7) is 6.27. The zero-order chi connectivity index (χ0) is 30.4. The highest BCUT2D eigenvalue weighted by Gasteiger charge is 2.29. The van der Waals surface area contributed by atoms with Gasteiger partial charge in [0, 0.05) is 13.1 Å². The maximum absolute atomic E-state index is 12.1. The first-order valence-electron chi connectivity index (χ1n) is 14.9. The molecule has 0 heterocycles. The molecule has 0 aliphatic rings. The van der Waals surface area contributed by atoms with Crippen LogP contribution in [0.1, 0.15) is 50.7 Å². The monoisotopic (exact) mass is 588 g/mol. The predicted octanol–water partition coefficient (Wildman–Crippen LogP) is 2.82. The highest BCUT2D eigenvalue weighted by atomic mass is 16.5. The first-order chi connectivity index (χ1) is 20.4. The lowest BCUT2D eigenvalue weighted by atomic mass is 10.1. The first-order valence-corrected chi connectivity index (χ1v) is 14.9. The lowest BCUT2D eigenvalue weighted by Gasteiger charge is -2.17. The van der Waals surface area contributed by atoms with Crippen molar-refractivity contribution < 1.29 is 38.7 Å². The van der Waals surface area contributed by atoms with Crippen LogP contribution in [-0.4, -0.2) is 87.0 Å². The van der Waals surface area contributed by atoms with Gasteiger partial charge in [0.25, 0.3) is 11.8 Å². The molecule has 0 radical (unpaired) electrons. The quantitative estimate of drug-likeness (QED) is 0.146. The Balaban J connectivity index is 1.47. The van der Waals surface area contributed by atoms with Gasteiger partial charge in [0.05, 0.1) is 26.4 Å². The van der Waals surface area contributed by atoms with E-state index in [4.69, 9.17) is 18.9 Å². The van der Waals surface area contributed by atoms with E-state index in [2.05, 4.69) is 48.7 Å². The van der Waals surface area contributed by atoms with Crippen LogP contribution in [0.15, 0.2) is 48.5 Å². The van der Waals surface area contributed by atoms with E-state index in [-0.39, 0.29) is 26.3 Å². The van der Waals surface area contributed by atoms with Crippen LogP contribution in [-0.2, 0) is 31.9 Å². The van der Waals surface area contributed by atoms with Crippen LogP contribution in [0.25, 0.3) is 0 Å². The standard InChI is InChI=1S/C32H48N2O8/c1-3-5-7-25-9-13-27(14-10-25)41-23-21-39-19-17-33-31(37)29(35)30(36)32(38)34-18-20-40-22-24-42-28-15-11-26(12-16-28)8-6-4-2/h9-16,29-30,35-36H,3-8,17-24H2,1-2H3,(H,33,37)(H,34,38). The summed E-state index contributed by atoms with van der Waals surface area (Å²) in [5, 5.41) is 24.9. The van der Waals surface area contributed by atoms with Gasteiger partial charge in [-0.15, -0.1) is 0 Å². The number of ether oxygens (including phenoxy) is 4. The Bertz CT molecular complexity index is 919. The van der Waals surface area contributed by atoms with E-state index >= 15 is 0 Å². The van der Waals surface area contributed by atoms with Crippen LogP contribution in [0.3, 0.4) is 0 Å². The second kappa shape index (κ2) is 21.5. The second-order valence-corrected chi connectivity index (χ2v) is 9.89. The predicted molar refractivity (Wildman–Crippen MR) is 161 cm³/mol. The number of aryl methyl sites for hydroxylation is 2.